The quantitative estimate of drug-likeness (QED) is 0.688. The molecule has 6 heteroatoms. The fourth-order valence-corrected chi connectivity index (χ4v) is 5.13. The van der Waals surface area contributed by atoms with Crippen LogP contribution in [0.25, 0.3) is 0 Å². The van der Waals surface area contributed by atoms with Crippen molar-refractivity contribution in [2.75, 3.05) is 4.31 Å². The first-order valence-electron chi connectivity index (χ1n) is 7.50. The van der Waals surface area contributed by atoms with Crippen molar-refractivity contribution < 1.29 is 8.42 Å². The first-order valence-corrected chi connectivity index (χ1v) is 9.82. The molecule has 0 saturated heterocycles. The molecule has 24 heavy (non-hydrogen) atoms. The van der Waals surface area contributed by atoms with Gasteiger partial charge in [0.2, 0.25) is 0 Å². The molecule has 124 valence electrons. The summed E-state index contributed by atoms with van der Waals surface area (Å²) in [5.41, 5.74) is 3.58. The third kappa shape index (κ3) is 3.49. The minimum atomic E-state index is -3.62. The van der Waals surface area contributed by atoms with Crippen LogP contribution in [0.1, 0.15) is 16.7 Å². The normalized spacial score (nSPS) is 11.4. The molecule has 0 aliphatic carbocycles. The molecule has 0 bridgehead atoms. The molecule has 0 N–H and O–H groups in total. The Bertz CT molecular complexity index is 901. The van der Waals surface area contributed by atoms with Crippen LogP contribution in [-0.2, 0) is 16.6 Å². The van der Waals surface area contributed by atoms with Crippen molar-refractivity contribution in [2.45, 2.75) is 24.6 Å². The molecule has 0 fully saturated rings. The van der Waals surface area contributed by atoms with E-state index in [1.165, 1.54) is 15.6 Å². The molecule has 0 amide bonds. The Morgan fingerprint density at radius 1 is 1.08 bits per heavy atom. The van der Waals surface area contributed by atoms with Gasteiger partial charge in [0.15, 0.2) is 0 Å². The number of aromatic nitrogens is 1. The third-order valence-electron chi connectivity index (χ3n) is 3.58. The predicted octanol–water partition coefficient (Wildman–Crippen LogP) is 4.16. The number of sulfonamides is 1. The third-order valence-corrected chi connectivity index (χ3v) is 6.73. The van der Waals surface area contributed by atoms with E-state index in [-0.39, 0.29) is 6.54 Å². The van der Waals surface area contributed by atoms with E-state index in [1.807, 2.05) is 44.2 Å². The van der Waals surface area contributed by atoms with E-state index in [0.29, 0.717) is 9.90 Å². The zero-order chi connectivity index (χ0) is 17.2. The maximum atomic E-state index is 13.1. The number of aryl methyl sites for hydroxylation is 2. The van der Waals surface area contributed by atoms with Crippen molar-refractivity contribution in [3.05, 3.63) is 76.9 Å². The van der Waals surface area contributed by atoms with Crippen LogP contribution in [0.2, 0.25) is 0 Å². The smallest absolute Gasteiger partial charge is 0.264 e. The van der Waals surface area contributed by atoms with Crippen molar-refractivity contribution in [3.8, 4) is 0 Å². The molecule has 2 heterocycles. The second-order valence-electron chi connectivity index (χ2n) is 5.65. The van der Waals surface area contributed by atoms with Gasteiger partial charge in [-0.3, -0.25) is 9.29 Å². The molecule has 0 saturated carbocycles. The summed E-state index contributed by atoms with van der Waals surface area (Å²) in [6.07, 6.45) is 3.37. The van der Waals surface area contributed by atoms with Crippen molar-refractivity contribution in [1.29, 1.82) is 0 Å². The van der Waals surface area contributed by atoms with E-state index >= 15 is 0 Å². The van der Waals surface area contributed by atoms with E-state index in [1.54, 1.807) is 29.9 Å². The van der Waals surface area contributed by atoms with Gasteiger partial charge in [-0.1, -0.05) is 18.2 Å². The Kier molecular flexibility index (Phi) is 4.69. The van der Waals surface area contributed by atoms with Gasteiger partial charge < -0.3 is 0 Å². The highest BCUT2D eigenvalue weighted by Gasteiger charge is 2.26. The SMILES string of the molecule is Cc1cc(C)cc(N(Cc2cccnc2)S(=O)(=O)c2cccs2)c1. The zero-order valence-electron chi connectivity index (χ0n) is 13.5. The summed E-state index contributed by atoms with van der Waals surface area (Å²) in [5.74, 6) is 0. The Hall–Kier alpha value is -2.18. The number of pyridine rings is 1. The molecule has 4 nitrogen and oxygen atoms in total. The molecule has 0 aliphatic heterocycles. The van der Waals surface area contributed by atoms with Gasteiger partial charge in [-0.2, -0.15) is 0 Å². The Morgan fingerprint density at radius 3 is 2.42 bits per heavy atom. The molecule has 3 aromatic rings. The van der Waals surface area contributed by atoms with Crippen LogP contribution < -0.4 is 4.31 Å². The van der Waals surface area contributed by atoms with Gasteiger partial charge in [-0.05, 0) is 60.2 Å². The molecular weight excluding hydrogens is 340 g/mol. The van der Waals surface area contributed by atoms with Crippen LogP contribution in [0.15, 0.2) is 64.4 Å². The second kappa shape index (κ2) is 6.75. The van der Waals surface area contributed by atoms with Crippen molar-refractivity contribution in [2.24, 2.45) is 0 Å². The summed E-state index contributed by atoms with van der Waals surface area (Å²) < 4.78 is 28.1. The fourth-order valence-electron chi connectivity index (χ4n) is 2.59. The number of thiophene rings is 1. The van der Waals surface area contributed by atoms with Gasteiger partial charge in [0, 0.05) is 12.4 Å². The number of hydrogen-bond acceptors (Lipinski definition) is 4. The van der Waals surface area contributed by atoms with Crippen LogP contribution >= 0.6 is 11.3 Å². The van der Waals surface area contributed by atoms with Crippen molar-refractivity contribution in [3.63, 3.8) is 0 Å². The van der Waals surface area contributed by atoms with E-state index in [9.17, 15) is 8.42 Å². The van der Waals surface area contributed by atoms with Crippen LogP contribution in [0.5, 0.6) is 0 Å². The largest absolute Gasteiger partial charge is 0.274 e. The maximum Gasteiger partial charge on any atom is 0.274 e. The average Bonchev–Trinajstić information content (AvgIpc) is 3.08. The Labute approximate surface area is 146 Å². The van der Waals surface area contributed by atoms with Gasteiger partial charge in [0.25, 0.3) is 10.0 Å². The summed E-state index contributed by atoms with van der Waals surface area (Å²) >= 11 is 1.23. The topological polar surface area (TPSA) is 50.3 Å². The lowest BCUT2D eigenvalue weighted by Crippen LogP contribution is -2.30. The number of hydrogen-bond donors (Lipinski definition) is 0. The van der Waals surface area contributed by atoms with Gasteiger partial charge in [-0.15, -0.1) is 11.3 Å². The van der Waals surface area contributed by atoms with E-state index in [2.05, 4.69) is 4.98 Å². The van der Waals surface area contributed by atoms with Gasteiger partial charge >= 0.3 is 0 Å². The molecule has 1 aromatic carbocycles. The minimum absolute atomic E-state index is 0.247. The van der Waals surface area contributed by atoms with Gasteiger partial charge in [0.05, 0.1) is 12.2 Å². The van der Waals surface area contributed by atoms with Crippen LogP contribution in [0.3, 0.4) is 0 Å². The minimum Gasteiger partial charge on any atom is -0.264 e. The molecule has 0 atom stereocenters. The first-order chi connectivity index (χ1) is 11.5. The molecule has 0 aliphatic rings. The highest BCUT2D eigenvalue weighted by molar-refractivity contribution is 7.94. The van der Waals surface area contributed by atoms with Crippen LogP contribution in [-0.4, -0.2) is 13.4 Å². The number of anilines is 1. The maximum absolute atomic E-state index is 13.1. The number of benzene rings is 1. The molecule has 0 spiro atoms. The zero-order valence-corrected chi connectivity index (χ0v) is 15.1. The number of nitrogens with zero attached hydrogens (tertiary/aromatic N) is 2. The first kappa shape index (κ1) is 16.7. The molecule has 0 unspecified atom stereocenters. The lowest BCUT2D eigenvalue weighted by atomic mass is 10.1. The highest BCUT2D eigenvalue weighted by atomic mass is 32.2. The average molecular weight is 358 g/mol. The summed E-state index contributed by atoms with van der Waals surface area (Å²) in [4.78, 5) is 4.09. The fraction of sp³-hybridized carbons (Fsp3) is 0.167. The summed E-state index contributed by atoms with van der Waals surface area (Å²) in [6.45, 7) is 4.18. The van der Waals surface area contributed by atoms with E-state index in [4.69, 9.17) is 0 Å². The molecule has 0 radical (unpaired) electrons. The second-order valence-corrected chi connectivity index (χ2v) is 8.69. The number of rotatable bonds is 5. The van der Waals surface area contributed by atoms with Crippen LogP contribution in [0, 0.1) is 13.8 Å². The highest BCUT2D eigenvalue weighted by Crippen LogP contribution is 2.29. The summed E-state index contributed by atoms with van der Waals surface area (Å²) in [6, 6.07) is 12.9. The van der Waals surface area contributed by atoms with Gasteiger partial charge in [0.1, 0.15) is 4.21 Å². The predicted molar refractivity (Wildman–Crippen MR) is 97.8 cm³/mol. The Balaban J connectivity index is 2.10. The van der Waals surface area contributed by atoms with E-state index in [0.717, 1.165) is 16.7 Å². The Morgan fingerprint density at radius 2 is 1.83 bits per heavy atom. The molecule has 2 aromatic heterocycles. The lowest BCUT2D eigenvalue weighted by molar-refractivity contribution is 0.592. The standard InChI is InChI=1S/C18H18N2O2S2/c1-14-9-15(2)11-17(10-14)20(13-16-5-3-7-19-12-16)24(21,22)18-6-4-8-23-18/h3-12H,13H2,1-2H3. The molecular formula is C18H18N2O2S2. The van der Waals surface area contributed by atoms with Crippen LogP contribution in [0.4, 0.5) is 5.69 Å². The summed E-state index contributed by atoms with van der Waals surface area (Å²) in [5, 5.41) is 1.77. The van der Waals surface area contributed by atoms with E-state index < -0.39 is 10.0 Å². The van der Waals surface area contributed by atoms with Crippen molar-refractivity contribution in [1.82, 2.24) is 4.98 Å². The van der Waals surface area contributed by atoms with Gasteiger partial charge in [-0.25, -0.2) is 8.42 Å². The lowest BCUT2D eigenvalue weighted by Gasteiger charge is -2.24. The van der Waals surface area contributed by atoms with Crippen molar-refractivity contribution >= 4 is 27.0 Å². The monoisotopic (exact) mass is 358 g/mol. The molecule has 3 rings (SSSR count). The summed E-state index contributed by atoms with van der Waals surface area (Å²) in [7, 11) is -3.62.